The van der Waals surface area contributed by atoms with E-state index >= 15 is 0 Å². The van der Waals surface area contributed by atoms with Crippen molar-refractivity contribution in [2.75, 3.05) is 16.9 Å². The molecule has 1 saturated heterocycles. The van der Waals surface area contributed by atoms with Crippen LogP contribution < -0.4 is 14.5 Å². The first-order valence-electron chi connectivity index (χ1n) is 10.9. The molecule has 1 fully saturated rings. The summed E-state index contributed by atoms with van der Waals surface area (Å²) in [6, 6.07) is 20.7. The lowest BCUT2D eigenvalue weighted by Gasteiger charge is -2.39. The van der Waals surface area contributed by atoms with Crippen LogP contribution in [-0.2, 0) is 5.72 Å². The van der Waals surface area contributed by atoms with Gasteiger partial charge in [0.05, 0.1) is 19.7 Å². The fraction of sp³-hybridized carbons (Fsp3) is 0.259. The number of rotatable bonds is 5. The Kier molecular flexibility index (Phi) is 5.84. The number of methoxy groups -OCH3 is 1. The summed E-state index contributed by atoms with van der Waals surface area (Å²) in [4.78, 5) is 20.6. The third-order valence-corrected chi connectivity index (χ3v) is 6.10. The normalized spacial score (nSPS) is 20.3. The molecule has 1 aliphatic rings. The largest absolute Gasteiger partial charge is 0.497 e. The van der Waals surface area contributed by atoms with Gasteiger partial charge in [0.2, 0.25) is 0 Å². The first-order valence-corrected chi connectivity index (χ1v) is 10.9. The number of amides is 2. The van der Waals surface area contributed by atoms with E-state index < -0.39 is 11.8 Å². The molecule has 33 heavy (non-hydrogen) atoms. The molecule has 0 aliphatic carbocycles. The maximum atomic E-state index is 14.0. The van der Waals surface area contributed by atoms with Crippen LogP contribution >= 0.6 is 0 Å². The first kappa shape index (κ1) is 22.4. The van der Waals surface area contributed by atoms with Gasteiger partial charge in [0.1, 0.15) is 5.75 Å². The number of carbonyl (C=O) groups excluding carboxylic acids is 1. The van der Waals surface area contributed by atoms with Crippen molar-refractivity contribution in [1.29, 1.82) is 0 Å². The molecule has 1 heterocycles. The van der Waals surface area contributed by atoms with Crippen LogP contribution in [0.2, 0.25) is 0 Å². The number of benzene rings is 3. The summed E-state index contributed by atoms with van der Waals surface area (Å²) >= 11 is 0. The molecule has 4 rings (SSSR count). The van der Waals surface area contributed by atoms with E-state index in [1.165, 1.54) is 4.90 Å². The molecule has 0 aromatic heterocycles. The van der Waals surface area contributed by atoms with E-state index in [1.807, 2.05) is 57.2 Å². The molecule has 2 amide bonds. The van der Waals surface area contributed by atoms with Crippen molar-refractivity contribution in [3.8, 4) is 5.75 Å². The highest BCUT2D eigenvalue weighted by atomic mass is 16.5. The molecular formula is C27H27N3O3. The summed E-state index contributed by atoms with van der Waals surface area (Å²) in [5.41, 5.74) is 1.51. The maximum absolute atomic E-state index is 14.0. The Bertz CT molecular complexity index is 1200. The van der Waals surface area contributed by atoms with Crippen molar-refractivity contribution < 1.29 is 14.6 Å². The number of anilines is 2. The maximum Gasteiger partial charge on any atom is 0.332 e. The monoisotopic (exact) mass is 441 g/mol. The lowest BCUT2D eigenvalue weighted by molar-refractivity contribution is 0.0178. The van der Waals surface area contributed by atoms with Crippen LogP contribution in [-0.4, -0.2) is 24.3 Å². The minimum absolute atomic E-state index is 0.104. The SMILES string of the molecule is [C-]#[N+]c1cccc(C2(O)C(C(C)C)N(c3ccc(OC)cc3)C(=O)N2c2ccc(C)cc2)c1. The van der Waals surface area contributed by atoms with Crippen LogP contribution in [0.5, 0.6) is 5.75 Å². The molecule has 6 nitrogen and oxygen atoms in total. The van der Waals surface area contributed by atoms with Crippen molar-refractivity contribution in [2.45, 2.75) is 32.5 Å². The van der Waals surface area contributed by atoms with Gasteiger partial charge < -0.3 is 9.84 Å². The van der Waals surface area contributed by atoms with Gasteiger partial charge in [-0.05, 0) is 60.9 Å². The average molecular weight is 442 g/mol. The average Bonchev–Trinajstić information content (AvgIpc) is 3.07. The number of hydrogen-bond donors (Lipinski definition) is 1. The number of urea groups is 1. The Hall–Kier alpha value is -3.82. The molecule has 1 N–H and O–H groups in total. The van der Waals surface area contributed by atoms with Crippen LogP contribution in [0.15, 0.2) is 72.8 Å². The van der Waals surface area contributed by atoms with Crippen molar-refractivity contribution in [3.05, 3.63) is 95.3 Å². The smallest absolute Gasteiger partial charge is 0.332 e. The molecule has 2 unspecified atom stereocenters. The van der Waals surface area contributed by atoms with Gasteiger partial charge in [-0.15, -0.1) is 0 Å². The minimum atomic E-state index is -1.69. The van der Waals surface area contributed by atoms with E-state index in [4.69, 9.17) is 11.3 Å². The molecule has 2 atom stereocenters. The number of aryl methyl sites for hydroxylation is 1. The Labute approximate surface area is 194 Å². The van der Waals surface area contributed by atoms with Crippen LogP contribution in [0.1, 0.15) is 25.0 Å². The molecular weight excluding hydrogens is 414 g/mol. The lowest BCUT2D eigenvalue weighted by atomic mass is 9.86. The molecule has 1 aliphatic heterocycles. The van der Waals surface area contributed by atoms with Gasteiger partial charge in [-0.3, -0.25) is 9.80 Å². The predicted molar refractivity (Wildman–Crippen MR) is 130 cm³/mol. The molecule has 3 aromatic rings. The second-order valence-electron chi connectivity index (χ2n) is 8.60. The van der Waals surface area contributed by atoms with E-state index in [2.05, 4.69) is 4.85 Å². The second kappa shape index (κ2) is 8.61. The number of ether oxygens (including phenoxy) is 1. The highest BCUT2D eigenvalue weighted by Crippen LogP contribution is 2.47. The van der Waals surface area contributed by atoms with Gasteiger partial charge in [0.25, 0.3) is 0 Å². The molecule has 0 saturated carbocycles. The number of aliphatic hydroxyl groups is 1. The summed E-state index contributed by atoms with van der Waals surface area (Å²) in [5.74, 6) is 0.579. The lowest BCUT2D eigenvalue weighted by Crippen LogP contribution is -2.51. The summed E-state index contributed by atoms with van der Waals surface area (Å²) in [6.45, 7) is 13.4. The van der Waals surface area contributed by atoms with Gasteiger partial charge in [-0.1, -0.05) is 49.7 Å². The standard InChI is InChI=1S/C27H27N3O3/c1-18(2)25-27(32,20-7-6-8-21(17-20)28-4)30(23-11-9-19(3)10-12-23)26(31)29(25)22-13-15-24(33-5)16-14-22/h6-18,25,32H,1-3,5H3. The summed E-state index contributed by atoms with van der Waals surface area (Å²) in [5, 5.41) is 12.4. The van der Waals surface area contributed by atoms with Crippen molar-refractivity contribution in [2.24, 2.45) is 5.92 Å². The predicted octanol–water partition coefficient (Wildman–Crippen LogP) is 5.87. The Morgan fingerprint density at radius 3 is 2.24 bits per heavy atom. The second-order valence-corrected chi connectivity index (χ2v) is 8.60. The molecule has 0 bridgehead atoms. The van der Waals surface area contributed by atoms with Crippen molar-refractivity contribution >= 4 is 23.1 Å². The fourth-order valence-corrected chi connectivity index (χ4v) is 4.57. The highest BCUT2D eigenvalue weighted by molar-refractivity contribution is 6.08. The van der Waals surface area contributed by atoms with Crippen molar-refractivity contribution in [3.63, 3.8) is 0 Å². The number of nitrogens with zero attached hydrogens (tertiary/aromatic N) is 3. The third-order valence-electron chi connectivity index (χ3n) is 6.10. The van der Waals surface area contributed by atoms with Gasteiger partial charge in [-0.25, -0.2) is 9.64 Å². The first-order chi connectivity index (χ1) is 15.8. The minimum Gasteiger partial charge on any atom is -0.497 e. The third kappa shape index (κ3) is 3.71. The van der Waals surface area contributed by atoms with Crippen LogP contribution in [0, 0.1) is 19.4 Å². The molecule has 3 aromatic carbocycles. The molecule has 168 valence electrons. The highest BCUT2D eigenvalue weighted by Gasteiger charge is 2.59. The van der Waals surface area contributed by atoms with Gasteiger partial charge in [0.15, 0.2) is 11.4 Å². The fourth-order valence-electron chi connectivity index (χ4n) is 4.57. The van der Waals surface area contributed by atoms with Crippen molar-refractivity contribution in [1.82, 2.24) is 0 Å². The van der Waals surface area contributed by atoms with E-state index in [0.29, 0.717) is 28.4 Å². The number of carbonyl (C=O) groups is 1. The Balaban J connectivity index is 1.96. The van der Waals surface area contributed by atoms with Gasteiger partial charge in [0, 0.05) is 11.4 Å². The topological polar surface area (TPSA) is 57.4 Å². The van der Waals surface area contributed by atoms with E-state index in [9.17, 15) is 9.90 Å². The van der Waals surface area contributed by atoms with Gasteiger partial charge in [-0.2, -0.15) is 0 Å². The van der Waals surface area contributed by atoms with E-state index in [-0.39, 0.29) is 11.9 Å². The van der Waals surface area contributed by atoms with E-state index in [1.54, 1.807) is 48.4 Å². The zero-order chi connectivity index (χ0) is 23.8. The molecule has 0 spiro atoms. The zero-order valence-electron chi connectivity index (χ0n) is 19.2. The summed E-state index contributed by atoms with van der Waals surface area (Å²) in [7, 11) is 1.59. The summed E-state index contributed by atoms with van der Waals surface area (Å²) < 4.78 is 5.28. The summed E-state index contributed by atoms with van der Waals surface area (Å²) in [6.07, 6.45) is 0. The van der Waals surface area contributed by atoms with Crippen LogP contribution in [0.4, 0.5) is 21.9 Å². The molecule has 6 heteroatoms. The van der Waals surface area contributed by atoms with Crippen LogP contribution in [0.25, 0.3) is 4.85 Å². The Morgan fingerprint density at radius 1 is 1.03 bits per heavy atom. The van der Waals surface area contributed by atoms with Crippen LogP contribution in [0.3, 0.4) is 0 Å². The van der Waals surface area contributed by atoms with E-state index in [0.717, 1.165) is 5.56 Å². The number of hydrogen-bond acceptors (Lipinski definition) is 3. The zero-order valence-corrected chi connectivity index (χ0v) is 19.2. The quantitative estimate of drug-likeness (QED) is 0.504. The Morgan fingerprint density at radius 2 is 1.67 bits per heavy atom. The molecule has 0 radical (unpaired) electrons. The van der Waals surface area contributed by atoms with Gasteiger partial charge >= 0.3 is 6.03 Å².